The molecule has 0 spiro atoms. The molecule has 2 N–H and O–H groups in total. The van der Waals surface area contributed by atoms with E-state index in [0.29, 0.717) is 6.54 Å². The Morgan fingerprint density at radius 1 is 1.11 bits per heavy atom. The Hall–Kier alpha value is -1.65. The molecule has 0 fully saturated rings. The number of rotatable bonds is 2. The highest BCUT2D eigenvalue weighted by Crippen LogP contribution is 2.25. The third-order valence-electron chi connectivity index (χ3n) is 2.94. The molecule has 3 rings (SSSR count). The van der Waals surface area contributed by atoms with Gasteiger partial charge in [-0.1, -0.05) is 34.1 Å². The Bertz CT molecular complexity index is 686. The Labute approximate surface area is 113 Å². The van der Waals surface area contributed by atoms with Crippen LogP contribution in [0.2, 0.25) is 0 Å². The molecule has 3 aromatic rings. The van der Waals surface area contributed by atoms with Crippen LogP contribution in [-0.2, 0) is 6.54 Å². The van der Waals surface area contributed by atoms with Crippen molar-refractivity contribution in [3.63, 3.8) is 0 Å². The van der Waals surface area contributed by atoms with Crippen molar-refractivity contribution in [2.75, 3.05) is 0 Å². The van der Waals surface area contributed by atoms with Crippen LogP contribution in [0.4, 0.5) is 0 Å². The number of hydrogen-bond donors (Lipinski definition) is 1. The molecule has 0 aliphatic rings. The summed E-state index contributed by atoms with van der Waals surface area (Å²) in [5.41, 5.74) is 9.86. The number of hydrogen-bond acceptors (Lipinski definition) is 2. The summed E-state index contributed by atoms with van der Waals surface area (Å²) in [6.45, 7) is 0.469. The summed E-state index contributed by atoms with van der Waals surface area (Å²) in [6.07, 6.45) is 1.99. The van der Waals surface area contributed by atoms with Crippen molar-refractivity contribution in [3.05, 3.63) is 58.8 Å². The summed E-state index contributed by atoms with van der Waals surface area (Å²) in [4.78, 5) is 4.65. The van der Waals surface area contributed by atoms with Gasteiger partial charge in [0.2, 0.25) is 0 Å². The van der Waals surface area contributed by atoms with Crippen molar-refractivity contribution in [2.24, 2.45) is 5.73 Å². The Morgan fingerprint density at radius 3 is 2.61 bits per heavy atom. The largest absolute Gasteiger partial charge is 0.325 e. The second kappa shape index (κ2) is 4.55. The normalized spacial score (nSPS) is 11.0. The van der Waals surface area contributed by atoms with Gasteiger partial charge in [-0.2, -0.15) is 0 Å². The molecule has 0 saturated carbocycles. The second-order valence-electron chi connectivity index (χ2n) is 4.05. The summed E-state index contributed by atoms with van der Waals surface area (Å²) in [7, 11) is 0. The zero-order valence-electron chi connectivity index (χ0n) is 9.68. The monoisotopic (exact) mass is 301 g/mol. The van der Waals surface area contributed by atoms with E-state index < -0.39 is 0 Å². The average molecular weight is 302 g/mol. The quantitative estimate of drug-likeness (QED) is 0.790. The minimum atomic E-state index is 0.469. The van der Waals surface area contributed by atoms with E-state index in [1.54, 1.807) is 0 Å². The van der Waals surface area contributed by atoms with Gasteiger partial charge in [-0.15, -0.1) is 0 Å². The smallest absolute Gasteiger partial charge is 0.137 e. The van der Waals surface area contributed by atoms with E-state index in [4.69, 9.17) is 5.73 Å². The highest BCUT2D eigenvalue weighted by atomic mass is 79.9. The molecule has 0 aliphatic carbocycles. The molecule has 3 nitrogen and oxygen atoms in total. The summed E-state index contributed by atoms with van der Waals surface area (Å²) in [5.74, 6) is 0. The van der Waals surface area contributed by atoms with Crippen LogP contribution in [0.1, 0.15) is 5.69 Å². The number of nitrogens with two attached hydrogens (primary N) is 1. The van der Waals surface area contributed by atoms with E-state index >= 15 is 0 Å². The molecule has 0 saturated heterocycles. The summed E-state index contributed by atoms with van der Waals surface area (Å²) >= 11 is 3.44. The van der Waals surface area contributed by atoms with Crippen molar-refractivity contribution in [1.82, 2.24) is 9.38 Å². The van der Waals surface area contributed by atoms with Crippen LogP contribution in [0.25, 0.3) is 16.9 Å². The summed E-state index contributed by atoms with van der Waals surface area (Å²) in [5, 5.41) is 0. The van der Waals surface area contributed by atoms with E-state index in [9.17, 15) is 0 Å². The van der Waals surface area contributed by atoms with Crippen LogP contribution in [0.3, 0.4) is 0 Å². The molecule has 0 bridgehead atoms. The molecular weight excluding hydrogens is 290 g/mol. The maximum absolute atomic E-state index is 5.86. The van der Waals surface area contributed by atoms with Gasteiger partial charge in [-0.05, 0) is 24.3 Å². The molecule has 0 aliphatic heterocycles. The third-order valence-corrected chi connectivity index (χ3v) is 3.47. The lowest BCUT2D eigenvalue weighted by molar-refractivity contribution is 0.962. The Balaban J connectivity index is 2.25. The van der Waals surface area contributed by atoms with Crippen LogP contribution in [0.5, 0.6) is 0 Å². The fourth-order valence-electron chi connectivity index (χ4n) is 2.08. The van der Waals surface area contributed by atoms with Crippen LogP contribution in [-0.4, -0.2) is 9.38 Å². The third kappa shape index (κ3) is 1.83. The van der Waals surface area contributed by atoms with Crippen molar-refractivity contribution in [1.29, 1.82) is 0 Å². The molecule has 2 aromatic heterocycles. The van der Waals surface area contributed by atoms with Crippen LogP contribution in [0.15, 0.2) is 53.1 Å². The average Bonchev–Trinajstić information content (AvgIpc) is 2.78. The molecular formula is C14H12BrN3. The first-order valence-electron chi connectivity index (χ1n) is 5.71. The van der Waals surface area contributed by atoms with Gasteiger partial charge in [0.05, 0.1) is 11.4 Å². The number of pyridine rings is 1. The predicted octanol–water partition coefficient (Wildman–Crippen LogP) is 3.22. The van der Waals surface area contributed by atoms with Gasteiger partial charge in [0.25, 0.3) is 0 Å². The molecule has 90 valence electrons. The molecule has 0 atom stereocenters. The van der Waals surface area contributed by atoms with Gasteiger partial charge in [-0.3, -0.25) is 0 Å². The number of imidazole rings is 1. The first-order chi connectivity index (χ1) is 8.79. The fourth-order valence-corrected chi connectivity index (χ4v) is 2.34. The highest BCUT2D eigenvalue weighted by Gasteiger charge is 2.11. The molecule has 4 heteroatoms. The zero-order chi connectivity index (χ0) is 12.5. The lowest BCUT2D eigenvalue weighted by atomic mass is 10.1. The standard InChI is InChI=1S/C14H12BrN3/c15-11-6-4-10(5-7-11)14-12(9-16)18-8-2-1-3-13(18)17-14/h1-8H,9,16H2. The second-order valence-corrected chi connectivity index (χ2v) is 4.96. The maximum atomic E-state index is 5.86. The van der Waals surface area contributed by atoms with Crippen LogP contribution >= 0.6 is 15.9 Å². The SMILES string of the molecule is NCc1c(-c2ccc(Br)cc2)nc2ccccn12. The highest BCUT2D eigenvalue weighted by molar-refractivity contribution is 9.10. The van der Waals surface area contributed by atoms with Crippen molar-refractivity contribution in [2.45, 2.75) is 6.54 Å². The van der Waals surface area contributed by atoms with Crippen molar-refractivity contribution in [3.8, 4) is 11.3 Å². The first-order valence-corrected chi connectivity index (χ1v) is 6.51. The molecule has 0 radical (unpaired) electrons. The predicted molar refractivity (Wildman–Crippen MR) is 76.2 cm³/mol. The first kappa shape index (κ1) is 11.4. The van der Waals surface area contributed by atoms with E-state index in [0.717, 1.165) is 27.1 Å². The lowest BCUT2D eigenvalue weighted by Crippen LogP contribution is -2.02. The Morgan fingerprint density at radius 2 is 1.89 bits per heavy atom. The Kier molecular flexibility index (Phi) is 2.89. The maximum Gasteiger partial charge on any atom is 0.137 e. The van der Waals surface area contributed by atoms with Crippen LogP contribution in [0, 0.1) is 0 Å². The van der Waals surface area contributed by atoms with Gasteiger partial charge in [-0.25, -0.2) is 4.98 Å². The minimum Gasteiger partial charge on any atom is -0.325 e. The van der Waals surface area contributed by atoms with E-state index in [-0.39, 0.29) is 0 Å². The molecule has 0 unspecified atom stereocenters. The minimum absolute atomic E-state index is 0.469. The number of fused-ring (bicyclic) bond motifs is 1. The lowest BCUT2D eigenvalue weighted by Gasteiger charge is -2.02. The fraction of sp³-hybridized carbons (Fsp3) is 0.0714. The van der Waals surface area contributed by atoms with Crippen molar-refractivity contribution >= 4 is 21.6 Å². The summed E-state index contributed by atoms with van der Waals surface area (Å²) in [6, 6.07) is 14.1. The van der Waals surface area contributed by atoms with Gasteiger partial charge in [0, 0.05) is 22.8 Å². The van der Waals surface area contributed by atoms with Crippen LogP contribution < -0.4 is 5.73 Å². The molecule has 0 amide bonds. The molecule has 18 heavy (non-hydrogen) atoms. The van der Waals surface area contributed by atoms with Gasteiger partial charge < -0.3 is 10.1 Å². The number of benzene rings is 1. The molecule has 2 heterocycles. The number of nitrogens with zero attached hydrogens (tertiary/aromatic N) is 2. The van der Waals surface area contributed by atoms with Gasteiger partial charge >= 0.3 is 0 Å². The topological polar surface area (TPSA) is 43.3 Å². The van der Waals surface area contributed by atoms with E-state index in [2.05, 4.69) is 20.9 Å². The number of aromatic nitrogens is 2. The summed E-state index contributed by atoms with van der Waals surface area (Å²) < 4.78 is 3.10. The van der Waals surface area contributed by atoms with Crippen molar-refractivity contribution < 1.29 is 0 Å². The number of halogens is 1. The van der Waals surface area contributed by atoms with E-state index in [1.807, 2.05) is 53.1 Å². The van der Waals surface area contributed by atoms with Gasteiger partial charge in [0.15, 0.2) is 0 Å². The van der Waals surface area contributed by atoms with Gasteiger partial charge in [0.1, 0.15) is 5.65 Å². The zero-order valence-corrected chi connectivity index (χ0v) is 11.3. The molecule has 1 aromatic carbocycles. The van der Waals surface area contributed by atoms with E-state index in [1.165, 1.54) is 0 Å².